The minimum Gasteiger partial charge on any atom is -0.330 e. The van der Waals surface area contributed by atoms with Crippen molar-refractivity contribution in [3.05, 3.63) is 120 Å². The molecule has 1 atom stereocenters. The van der Waals surface area contributed by atoms with E-state index in [2.05, 4.69) is 82.6 Å². The van der Waals surface area contributed by atoms with Crippen LogP contribution in [0.1, 0.15) is 27.9 Å². The highest BCUT2D eigenvalue weighted by molar-refractivity contribution is 5.94. The summed E-state index contributed by atoms with van der Waals surface area (Å²) < 4.78 is 0. The molecule has 0 radical (unpaired) electrons. The third-order valence-electron chi connectivity index (χ3n) is 6.39. The normalized spacial score (nSPS) is 16.3. The zero-order valence-electron chi connectivity index (χ0n) is 18.2. The first-order valence-electron chi connectivity index (χ1n) is 11.4. The quantitative estimate of drug-likeness (QED) is 0.396. The molecule has 1 aliphatic heterocycles. The molecule has 0 spiro atoms. The van der Waals surface area contributed by atoms with Gasteiger partial charge in [0.2, 0.25) is 0 Å². The molecule has 0 aromatic heterocycles. The lowest BCUT2D eigenvalue weighted by atomic mass is 10.0. The van der Waals surface area contributed by atoms with Crippen LogP contribution in [0.3, 0.4) is 0 Å². The average molecular weight is 421 g/mol. The van der Waals surface area contributed by atoms with Crippen molar-refractivity contribution < 1.29 is 4.79 Å². The van der Waals surface area contributed by atoms with Gasteiger partial charge in [0.1, 0.15) is 0 Å². The zero-order chi connectivity index (χ0) is 21.8. The van der Waals surface area contributed by atoms with E-state index in [0.29, 0.717) is 6.54 Å². The van der Waals surface area contributed by atoms with Gasteiger partial charge in [-0.2, -0.15) is 0 Å². The molecule has 0 unspecified atom stereocenters. The standard InChI is InChI=1S/C29H28N2O/c32-29(26-12-5-2-6-13-26)31(21-24-15-16-25-11-7-8-14-27(25)19-24)28-17-18-30(22-28)20-23-9-3-1-4-10-23/h1-16,19,28H,17-18,20-22H2/t28-/m0/s1. The van der Waals surface area contributed by atoms with Crippen LogP contribution in [0.4, 0.5) is 0 Å². The van der Waals surface area contributed by atoms with Gasteiger partial charge in [-0.05, 0) is 46.5 Å². The predicted molar refractivity (Wildman–Crippen MR) is 130 cm³/mol. The van der Waals surface area contributed by atoms with Crippen LogP contribution in [0.15, 0.2) is 103 Å². The highest BCUT2D eigenvalue weighted by atomic mass is 16.2. The van der Waals surface area contributed by atoms with E-state index in [1.54, 1.807) is 0 Å². The van der Waals surface area contributed by atoms with E-state index in [9.17, 15) is 4.79 Å². The van der Waals surface area contributed by atoms with Crippen molar-refractivity contribution >= 4 is 16.7 Å². The lowest BCUT2D eigenvalue weighted by molar-refractivity contribution is 0.0664. The molecule has 32 heavy (non-hydrogen) atoms. The van der Waals surface area contributed by atoms with Gasteiger partial charge in [-0.25, -0.2) is 0 Å². The fourth-order valence-electron chi connectivity index (χ4n) is 4.70. The Bertz CT molecular complexity index is 1190. The number of fused-ring (bicyclic) bond motifs is 1. The van der Waals surface area contributed by atoms with Crippen molar-refractivity contribution in [1.29, 1.82) is 0 Å². The molecular weight excluding hydrogens is 392 g/mol. The summed E-state index contributed by atoms with van der Waals surface area (Å²) >= 11 is 0. The van der Waals surface area contributed by atoms with Gasteiger partial charge in [0, 0.05) is 37.8 Å². The summed E-state index contributed by atoms with van der Waals surface area (Å²) in [6.07, 6.45) is 0.999. The van der Waals surface area contributed by atoms with Gasteiger partial charge in [-0.15, -0.1) is 0 Å². The summed E-state index contributed by atoms with van der Waals surface area (Å²) in [7, 11) is 0. The van der Waals surface area contributed by atoms with E-state index in [4.69, 9.17) is 0 Å². The molecule has 4 aromatic carbocycles. The van der Waals surface area contributed by atoms with Crippen LogP contribution in [-0.2, 0) is 13.1 Å². The smallest absolute Gasteiger partial charge is 0.254 e. The number of carbonyl (C=O) groups excluding carboxylic acids is 1. The van der Waals surface area contributed by atoms with Gasteiger partial charge >= 0.3 is 0 Å². The largest absolute Gasteiger partial charge is 0.330 e. The summed E-state index contributed by atoms with van der Waals surface area (Å²) in [5.74, 6) is 0.116. The van der Waals surface area contributed by atoms with Crippen LogP contribution in [0.5, 0.6) is 0 Å². The molecule has 1 aliphatic rings. The summed E-state index contributed by atoms with van der Waals surface area (Å²) in [6, 6.07) is 35.4. The minimum absolute atomic E-state index is 0.116. The number of nitrogens with zero attached hydrogens (tertiary/aromatic N) is 2. The SMILES string of the molecule is O=C(c1ccccc1)N(Cc1ccc2ccccc2c1)[C@H]1CCN(Cc2ccccc2)C1. The van der Waals surface area contributed by atoms with Gasteiger partial charge in [0.15, 0.2) is 0 Å². The molecular formula is C29H28N2O. The number of carbonyl (C=O) groups is 1. The highest BCUT2D eigenvalue weighted by Gasteiger charge is 2.31. The summed E-state index contributed by atoms with van der Waals surface area (Å²) in [6.45, 7) is 3.47. The van der Waals surface area contributed by atoms with Gasteiger partial charge in [-0.1, -0.05) is 84.9 Å². The molecule has 5 rings (SSSR count). The Hall–Kier alpha value is -3.43. The monoisotopic (exact) mass is 420 g/mol. The van der Waals surface area contributed by atoms with Crippen molar-refractivity contribution in [3.8, 4) is 0 Å². The lowest BCUT2D eigenvalue weighted by Gasteiger charge is -2.30. The van der Waals surface area contributed by atoms with Crippen LogP contribution in [0.2, 0.25) is 0 Å². The van der Waals surface area contributed by atoms with Crippen LogP contribution in [0.25, 0.3) is 10.8 Å². The maximum absolute atomic E-state index is 13.6. The second-order valence-corrected chi connectivity index (χ2v) is 8.64. The van der Waals surface area contributed by atoms with E-state index in [1.165, 1.54) is 21.9 Å². The number of hydrogen-bond acceptors (Lipinski definition) is 2. The number of rotatable bonds is 6. The Morgan fingerprint density at radius 3 is 2.25 bits per heavy atom. The van der Waals surface area contributed by atoms with E-state index in [-0.39, 0.29) is 11.9 Å². The van der Waals surface area contributed by atoms with E-state index < -0.39 is 0 Å². The van der Waals surface area contributed by atoms with E-state index >= 15 is 0 Å². The van der Waals surface area contributed by atoms with Crippen molar-refractivity contribution in [2.45, 2.75) is 25.6 Å². The average Bonchev–Trinajstić information content (AvgIpc) is 3.31. The topological polar surface area (TPSA) is 23.6 Å². The number of amides is 1. The molecule has 0 saturated carbocycles. The Morgan fingerprint density at radius 2 is 1.47 bits per heavy atom. The van der Waals surface area contributed by atoms with Crippen molar-refractivity contribution in [2.24, 2.45) is 0 Å². The molecule has 1 saturated heterocycles. The van der Waals surface area contributed by atoms with E-state index in [0.717, 1.165) is 31.6 Å². The zero-order valence-corrected chi connectivity index (χ0v) is 18.2. The van der Waals surface area contributed by atoms with Gasteiger partial charge in [0.05, 0.1) is 0 Å². The van der Waals surface area contributed by atoms with E-state index in [1.807, 2.05) is 30.3 Å². The van der Waals surface area contributed by atoms with Gasteiger partial charge < -0.3 is 4.90 Å². The number of likely N-dealkylation sites (tertiary alicyclic amines) is 1. The number of hydrogen-bond donors (Lipinski definition) is 0. The third-order valence-corrected chi connectivity index (χ3v) is 6.39. The van der Waals surface area contributed by atoms with Gasteiger partial charge in [0.25, 0.3) is 5.91 Å². The Balaban J connectivity index is 1.38. The van der Waals surface area contributed by atoms with Crippen molar-refractivity contribution in [3.63, 3.8) is 0 Å². The molecule has 160 valence electrons. The maximum atomic E-state index is 13.6. The molecule has 3 nitrogen and oxygen atoms in total. The lowest BCUT2D eigenvalue weighted by Crippen LogP contribution is -2.41. The first-order chi connectivity index (χ1) is 15.8. The third kappa shape index (κ3) is 4.58. The van der Waals surface area contributed by atoms with Crippen LogP contribution in [-0.4, -0.2) is 34.8 Å². The van der Waals surface area contributed by atoms with Crippen LogP contribution >= 0.6 is 0 Å². The van der Waals surface area contributed by atoms with Crippen LogP contribution < -0.4 is 0 Å². The first-order valence-corrected chi connectivity index (χ1v) is 11.4. The Morgan fingerprint density at radius 1 is 0.781 bits per heavy atom. The van der Waals surface area contributed by atoms with Gasteiger partial charge in [-0.3, -0.25) is 9.69 Å². The number of benzene rings is 4. The molecule has 4 aromatic rings. The summed E-state index contributed by atoms with van der Waals surface area (Å²) in [5, 5.41) is 2.45. The molecule has 0 aliphatic carbocycles. The molecule has 0 N–H and O–H groups in total. The van der Waals surface area contributed by atoms with Crippen LogP contribution in [0, 0.1) is 0 Å². The Labute approximate surface area is 189 Å². The molecule has 0 bridgehead atoms. The maximum Gasteiger partial charge on any atom is 0.254 e. The first kappa shape index (κ1) is 20.5. The summed E-state index contributed by atoms with van der Waals surface area (Å²) in [4.78, 5) is 18.1. The van der Waals surface area contributed by atoms with Crippen molar-refractivity contribution in [1.82, 2.24) is 9.80 Å². The fourth-order valence-corrected chi connectivity index (χ4v) is 4.70. The molecule has 1 fully saturated rings. The molecule has 1 heterocycles. The second kappa shape index (κ2) is 9.37. The minimum atomic E-state index is 0.116. The predicted octanol–water partition coefficient (Wildman–Crippen LogP) is 5.76. The second-order valence-electron chi connectivity index (χ2n) is 8.64. The summed E-state index contributed by atoms with van der Waals surface area (Å²) in [5.41, 5.74) is 3.26. The molecule has 1 amide bonds. The fraction of sp³-hybridized carbons (Fsp3) is 0.207. The molecule has 3 heteroatoms. The highest BCUT2D eigenvalue weighted by Crippen LogP contribution is 2.24. The Kier molecular flexibility index (Phi) is 6.00. The van der Waals surface area contributed by atoms with Crippen molar-refractivity contribution in [2.75, 3.05) is 13.1 Å².